The molecule has 0 radical (unpaired) electrons. The number of aromatic nitrogens is 1. The van der Waals surface area contributed by atoms with Crippen LogP contribution in [-0.4, -0.2) is 36.0 Å². The molecule has 0 N–H and O–H groups in total. The highest BCUT2D eigenvalue weighted by Gasteiger charge is 2.24. The molecule has 1 aromatic rings. The van der Waals surface area contributed by atoms with Crippen LogP contribution in [0, 0.1) is 0 Å². The van der Waals surface area contributed by atoms with E-state index in [2.05, 4.69) is 20.9 Å². The van der Waals surface area contributed by atoms with Crippen molar-refractivity contribution in [3.05, 3.63) is 22.4 Å². The smallest absolute Gasteiger partial charge is 0.272 e. The second-order valence-electron chi connectivity index (χ2n) is 4.03. The number of hydrogen-bond acceptors (Lipinski definition) is 3. The summed E-state index contributed by atoms with van der Waals surface area (Å²) in [4.78, 5) is 17.4. The van der Waals surface area contributed by atoms with Gasteiger partial charge in [0, 0.05) is 26.2 Å². The molecule has 1 aromatic heterocycles. The van der Waals surface area contributed by atoms with Crippen LogP contribution in [0.25, 0.3) is 0 Å². The molecule has 1 aliphatic carbocycles. The second kappa shape index (κ2) is 4.41. The van der Waals surface area contributed by atoms with E-state index in [1.165, 1.54) is 4.90 Å². The third kappa shape index (κ3) is 2.72. The van der Waals surface area contributed by atoms with Gasteiger partial charge < -0.3 is 9.64 Å². The SMILES string of the molecule is CN(C)C(=O)c1cc(OC2CC2)cc(Br)n1. The third-order valence-corrected chi connectivity index (χ3v) is 2.63. The van der Waals surface area contributed by atoms with E-state index in [0.717, 1.165) is 12.8 Å². The summed E-state index contributed by atoms with van der Waals surface area (Å²) in [5, 5.41) is 0. The first-order valence-electron chi connectivity index (χ1n) is 5.12. The number of amides is 1. The zero-order valence-corrected chi connectivity index (χ0v) is 10.8. The normalized spacial score (nSPS) is 14.7. The number of ether oxygens (including phenoxy) is 1. The van der Waals surface area contributed by atoms with Crippen LogP contribution in [0.2, 0.25) is 0 Å². The number of halogens is 1. The van der Waals surface area contributed by atoms with Gasteiger partial charge in [0.25, 0.3) is 5.91 Å². The van der Waals surface area contributed by atoms with Crippen molar-refractivity contribution in [2.75, 3.05) is 14.1 Å². The van der Waals surface area contributed by atoms with Gasteiger partial charge in [-0.3, -0.25) is 4.79 Å². The average molecular weight is 285 g/mol. The number of carbonyl (C=O) groups excluding carboxylic acids is 1. The van der Waals surface area contributed by atoms with Crippen molar-refractivity contribution in [1.82, 2.24) is 9.88 Å². The fourth-order valence-corrected chi connectivity index (χ4v) is 1.68. The summed E-state index contributed by atoms with van der Waals surface area (Å²) in [5.74, 6) is 0.580. The maximum atomic E-state index is 11.7. The minimum absolute atomic E-state index is 0.123. The Bertz CT molecular complexity index is 416. The van der Waals surface area contributed by atoms with Crippen molar-refractivity contribution >= 4 is 21.8 Å². The maximum Gasteiger partial charge on any atom is 0.272 e. The van der Waals surface area contributed by atoms with E-state index in [-0.39, 0.29) is 5.91 Å². The lowest BCUT2D eigenvalue weighted by Crippen LogP contribution is -2.22. The number of carbonyl (C=O) groups is 1. The lowest BCUT2D eigenvalue weighted by molar-refractivity contribution is 0.0821. The van der Waals surface area contributed by atoms with Crippen LogP contribution in [0.4, 0.5) is 0 Å². The van der Waals surface area contributed by atoms with E-state index in [9.17, 15) is 4.79 Å². The van der Waals surface area contributed by atoms with Crippen LogP contribution in [0.15, 0.2) is 16.7 Å². The molecule has 0 bridgehead atoms. The largest absolute Gasteiger partial charge is 0.490 e. The highest BCUT2D eigenvalue weighted by molar-refractivity contribution is 9.10. The first kappa shape index (κ1) is 11.4. The van der Waals surface area contributed by atoms with Gasteiger partial charge in [-0.05, 0) is 28.8 Å². The van der Waals surface area contributed by atoms with Crippen molar-refractivity contribution in [3.8, 4) is 5.75 Å². The topological polar surface area (TPSA) is 42.4 Å². The molecule has 1 amide bonds. The first-order valence-corrected chi connectivity index (χ1v) is 5.91. The van der Waals surface area contributed by atoms with Crippen LogP contribution < -0.4 is 4.74 Å². The predicted octanol–water partition coefficient (Wildman–Crippen LogP) is 2.09. The van der Waals surface area contributed by atoms with Gasteiger partial charge in [0.2, 0.25) is 0 Å². The monoisotopic (exact) mass is 284 g/mol. The Morgan fingerprint density at radius 3 is 2.75 bits per heavy atom. The van der Waals surface area contributed by atoms with Gasteiger partial charge in [-0.1, -0.05) is 0 Å². The van der Waals surface area contributed by atoms with Gasteiger partial charge in [0.15, 0.2) is 0 Å². The summed E-state index contributed by atoms with van der Waals surface area (Å²) in [5.41, 5.74) is 0.398. The van der Waals surface area contributed by atoms with E-state index < -0.39 is 0 Å². The zero-order valence-electron chi connectivity index (χ0n) is 9.24. The van der Waals surface area contributed by atoms with E-state index in [1.54, 1.807) is 26.2 Å². The van der Waals surface area contributed by atoms with Gasteiger partial charge in [0.05, 0.1) is 6.10 Å². The molecule has 1 heterocycles. The molecular weight excluding hydrogens is 272 g/mol. The minimum atomic E-state index is -0.123. The summed E-state index contributed by atoms with van der Waals surface area (Å²) < 4.78 is 6.26. The standard InChI is InChI=1S/C11H13BrN2O2/c1-14(2)11(15)9-5-8(6-10(12)13-9)16-7-3-4-7/h5-7H,3-4H2,1-2H3. The Kier molecular flexibility index (Phi) is 3.14. The fourth-order valence-electron chi connectivity index (χ4n) is 1.26. The summed E-state index contributed by atoms with van der Waals surface area (Å²) in [7, 11) is 3.40. The molecule has 5 heteroatoms. The van der Waals surface area contributed by atoms with Crippen molar-refractivity contribution < 1.29 is 9.53 Å². The van der Waals surface area contributed by atoms with Crippen LogP contribution in [-0.2, 0) is 0 Å². The molecule has 0 aliphatic heterocycles. The van der Waals surface area contributed by atoms with Crippen LogP contribution >= 0.6 is 15.9 Å². The minimum Gasteiger partial charge on any atom is -0.490 e. The molecule has 1 saturated carbocycles. The van der Waals surface area contributed by atoms with E-state index in [4.69, 9.17) is 4.74 Å². The lowest BCUT2D eigenvalue weighted by Gasteiger charge is -2.11. The predicted molar refractivity (Wildman–Crippen MR) is 63.6 cm³/mol. The molecule has 0 saturated heterocycles. The Balaban J connectivity index is 2.23. The first-order chi connectivity index (χ1) is 7.56. The maximum absolute atomic E-state index is 11.7. The number of hydrogen-bond donors (Lipinski definition) is 0. The molecule has 1 fully saturated rings. The van der Waals surface area contributed by atoms with Crippen molar-refractivity contribution in [2.24, 2.45) is 0 Å². The lowest BCUT2D eigenvalue weighted by atomic mass is 10.3. The Morgan fingerprint density at radius 1 is 1.50 bits per heavy atom. The van der Waals surface area contributed by atoms with Crippen LogP contribution in [0.1, 0.15) is 23.3 Å². The number of nitrogens with zero attached hydrogens (tertiary/aromatic N) is 2. The molecule has 0 aromatic carbocycles. The highest BCUT2D eigenvalue weighted by atomic mass is 79.9. The van der Waals surface area contributed by atoms with E-state index in [1.807, 2.05) is 0 Å². The van der Waals surface area contributed by atoms with Crippen molar-refractivity contribution in [2.45, 2.75) is 18.9 Å². The number of pyridine rings is 1. The zero-order chi connectivity index (χ0) is 11.7. The van der Waals surface area contributed by atoms with Gasteiger partial charge in [0.1, 0.15) is 16.0 Å². The molecular formula is C11H13BrN2O2. The van der Waals surface area contributed by atoms with Gasteiger partial charge in [-0.15, -0.1) is 0 Å². The molecule has 86 valence electrons. The van der Waals surface area contributed by atoms with E-state index >= 15 is 0 Å². The molecule has 0 spiro atoms. The van der Waals surface area contributed by atoms with Crippen molar-refractivity contribution in [3.63, 3.8) is 0 Å². The molecule has 0 atom stereocenters. The van der Waals surface area contributed by atoms with Crippen LogP contribution in [0.5, 0.6) is 5.75 Å². The third-order valence-electron chi connectivity index (χ3n) is 2.22. The van der Waals surface area contributed by atoms with E-state index in [0.29, 0.717) is 22.2 Å². The van der Waals surface area contributed by atoms with Crippen molar-refractivity contribution in [1.29, 1.82) is 0 Å². The van der Waals surface area contributed by atoms with Gasteiger partial charge >= 0.3 is 0 Å². The summed E-state index contributed by atoms with van der Waals surface area (Å²) >= 11 is 3.28. The summed E-state index contributed by atoms with van der Waals surface area (Å²) in [6.45, 7) is 0. The quantitative estimate of drug-likeness (QED) is 0.799. The van der Waals surface area contributed by atoms with Gasteiger partial charge in [-0.2, -0.15) is 0 Å². The fraction of sp³-hybridized carbons (Fsp3) is 0.455. The van der Waals surface area contributed by atoms with Gasteiger partial charge in [-0.25, -0.2) is 4.98 Å². The Labute approximate surface area is 103 Å². The molecule has 1 aliphatic rings. The summed E-state index contributed by atoms with van der Waals surface area (Å²) in [6, 6.07) is 3.47. The Morgan fingerprint density at radius 2 is 2.19 bits per heavy atom. The number of rotatable bonds is 3. The Hall–Kier alpha value is -1.10. The van der Waals surface area contributed by atoms with Crippen LogP contribution in [0.3, 0.4) is 0 Å². The highest BCUT2D eigenvalue weighted by Crippen LogP contribution is 2.28. The molecule has 16 heavy (non-hydrogen) atoms. The average Bonchev–Trinajstić information content (AvgIpc) is 2.99. The molecule has 2 rings (SSSR count). The second-order valence-corrected chi connectivity index (χ2v) is 4.84. The molecule has 0 unspecified atom stereocenters. The summed E-state index contributed by atoms with van der Waals surface area (Å²) in [6.07, 6.45) is 2.50. The molecule has 4 nitrogen and oxygen atoms in total.